The molecule has 0 radical (unpaired) electrons. The SMILES string of the molecule is FC(F)(F)C(F)(F)C(F)(F)C(F)(F)C(F)(F)C(F)(F)C(F)(F)C(F)(F)CCCOc1cc(COc2cc(CCC(Br)c3ccccc3)cc(OCc3cc(OCCCC(F)(F)C(F)(F)C(F)(F)C(F)(F)C(F)(F)C(F)(F)C(F)(F)C(F)(F)F)cc(OCCCC(F)(F)C(F)(F)C(F)(F)C(F)(F)C(F)(F)C(F)(F)C(F)(F)C(F)(F)F)c3)c2)cc(OCCCC(F)(F)C(F)(F)C(F)(F)C(F)(F)C(F)(F)C(F)(F)C(F)(F)C(F)(F)F)c1. The average Bonchev–Trinajstić information content (AvgIpc) is 0.704. The molecular formula is C73H47BrF68O6. The van der Waals surface area contributed by atoms with Crippen LogP contribution in [0.15, 0.2) is 84.9 Å². The van der Waals surface area contributed by atoms with Crippen LogP contribution in [0.1, 0.15) is 84.9 Å². The number of hydrogen-bond donors (Lipinski definition) is 0. The van der Waals surface area contributed by atoms with Crippen molar-refractivity contribution in [2.24, 2.45) is 0 Å². The molecule has 4 rings (SSSR count). The largest absolute Gasteiger partial charge is 0.493 e. The fraction of sp³-hybridized carbons (Fsp3) is 0.671. The van der Waals surface area contributed by atoms with E-state index >= 15 is 0 Å². The summed E-state index contributed by atoms with van der Waals surface area (Å²) in [4.78, 5) is -0.842. The minimum Gasteiger partial charge on any atom is -0.493 e. The Hall–Kier alpha value is -8.60. The van der Waals surface area contributed by atoms with Crippen molar-refractivity contribution >= 4 is 15.9 Å². The highest BCUT2D eigenvalue weighted by atomic mass is 79.9. The van der Waals surface area contributed by atoms with Gasteiger partial charge in [0.25, 0.3) is 0 Å². The van der Waals surface area contributed by atoms with Crippen LogP contribution in [0.5, 0.6) is 34.5 Å². The Morgan fingerprint density at radius 1 is 0.182 bits per heavy atom. The molecule has 4 aromatic carbocycles. The Balaban J connectivity index is 1.93. The molecule has 0 aliphatic rings. The quantitative estimate of drug-likeness (QED) is 0.0249. The van der Waals surface area contributed by atoms with Crippen molar-refractivity contribution in [3.63, 3.8) is 0 Å². The molecule has 0 spiro atoms. The van der Waals surface area contributed by atoms with E-state index < -0.39 is 338 Å². The molecule has 858 valence electrons. The van der Waals surface area contributed by atoms with Crippen molar-refractivity contribution in [2.45, 2.75) is 273 Å². The first-order valence-corrected chi connectivity index (χ1v) is 38.7. The van der Waals surface area contributed by atoms with Crippen LogP contribution >= 0.6 is 15.9 Å². The van der Waals surface area contributed by atoms with Crippen molar-refractivity contribution in [2.75, 3.05) is 26.4 Å². The molecule has 0 saturated carbocycles. The van der Waals surface area contributed by atoms with Gasteiger partial charge in [-0.15, -0.1) is 0 Å². The zero-order valence-corrected chi connectivity index (χ0v) is 71.1. The maximum atomic E-state index is 15.0. The number of hydrogen-bond acceptors (Lipinski definition) is 6. The molecule has 0 heterocycles. The fourth-order valence-electron chi connectivity index (χ4n) is 11.5. The molecule has 148 heavy (non-hydrogen) atoms. The standard InChI is InChI=1S/C73H47BrF68O6/c74-41(34-8-2-1-3-9-34)11-10-31-20-39(147-29-32-22-35(143-16-4-12-42(75,76)46(83,84)50(91,92)54(99,100)58(107,108)62(115,116)66(123,124)70(131,132)133)26-36(23-32)144-17-5-13-43(77,78)47(85,86)51(93,94)55(101,102)59(109,110)63(117,118)67(125,126)71(134,135)136)28-40(21-31)148-30-33-24-37(145-18-6-14-44(79,80)48(87,88)52(95,96)56(103,104)60(111,112)64(119,120)68(127,128)72(137,138)139)27-38(25-33)146-19-7-15-45(81,82)49(89,90)53(97,98)57(105,106)61(113,114)65(121,122)69(129,130)73(140,141)142/h1-3,8-9,20-28,41H,4-7,10-19,29-30H2. The van der Waals surface area contributed by atoms with Crippen molar-refractivity contribution in [1.29, 1.82) is 0 Å². The zero-order chi connectivity index (χ0) is 117. The Morgan fingerprint density at radius 2 is 0.338 bits per heavy atom. The Morgan fingerprint density at radius 3 is 0.514 bits per heavy atom. The lowest BCUT2D eigenvalue weighted by Gasteiger charge is -2.42. The van der Waals surface area contributed by atoms with Gasteiger partial charge in [0, 0.05) is 48.7 Å². The molecule has 0 N–H and O–H groups in total. The lowest BCUT2D eigenvalue weighted by molar-refractivity contribution is -0.461. The molecule has 0 aliphatic heterocycles. The average molecular weight is 2390 g/mol. The number of benzene rings is 4. The smallest absolute Gasteiger partial charge is 0.460 e. The molecule has 0 fully saturated rings. The third-order valence-electron chi connectivity index (χ3n) is 20.2. The highest BCUT2D eigenvalue weighted by Gasteiger charge is 3.00. The van der Waals surface area contributed by atoms with E-state index in [9.17, 15) is 299 Å². The maximum Gasteiger partial charge on any atom is 0.460 e. The molecule has 75 heteroatoms. The lowest BCUT2D eigenvalue weighted by Crippen LogP contribution is -2.74. The normalized spacial score (nSPS) is 15.7. The van der Waals surface area contributed by atoms with Gasteiger partial charge < -0.3 is 28.4 Å². The maximum absolute atomic E-state index is 15.0. The summed E-state index contributed by atoms with van der Waals surface area (Å²) in [5.74, 6) is -249. The number of rotatable bonds is 54. The van der Waals surface area contributed by atoms with E-state index in [1.807, 2.05) is 0 Å². The first-order chi connectivity index (χ1) is 65.1. The van der Waals surface area contributed by atoms with Gasteiger partial charge in [-0.1, -0.05) is 46.3 Å². The molecule has 0 amide bonds. The highest BCUT2D eigenvalue weighted by Crippen LogP contribution is 2.71. The summed E-state index contributed by atoms with van der Waals surface area (Å²) in [5.41, 5.74) is -1.76. The third kappa shape index (κ3) is 22.3. The van der Waals surface area contributed by atoms with Crippen LogP contribution in [0, 0.1) is 0 Å². The van der Waals surface area contributed by atoms with Crippen molar-refractivity contribution < 1.29 is 327 Å². The van der Waals surface area contributed by atoms with Gasteiger partial charge in [-0.2, -0.15) is 299 Å². The van der Waals surface area contributed by atoms with Crippen molar-refractivity contribution in [3.05, 3.63) is 107 Å². The molecule has 0 saturated heterocycles. The Kier molecular flexibility index (Phi) is 36.5. The van der Waals surface area contributed by atoms with E-state index in [4.69, 9.17) is 28.4 Å². The van der Waals surface area contributed by atoms with E-state index in [1.165, 1.54) is 30.3 Å². The van der Waals surface area contributed by atoms with Gasteiger partial charge in [0.1, 0.15) is 47.7 Å². The summed E-state index contributed by atoms with van der Waals surface area (Å²) in [6, 6.07) is 10.4. The highest BCUT2D eigenvalue weighted by molar-refractivity contribution is 9.09. The molecule has 0 aliphatic carbocycles. The van der Waals surface area contributed by atoms with E-state index in [-0.39, 0.29) is 48.4 Å². The van der Waals surface area contributed by atoms with Crippen LogP contribution in [0.3, 0.4) is 0 Å². The molecule has 0 aromatic heterocycles. The molecule has 4 aromatic rings. The predicted octanol–water partition coefficient (Wildman–Crippen LogP) is 32.6. The fourth-order valence-corrected chi connectivity index (χ4v) is 12.0. The molecular weight excluding hydrogens is 2340 g/mol. The first kappa shape index (κ1) is 132. The summed E-state index contributed by atoms with van der Waals surface area (Å²) in [5, 5.41) is 0. The molecule has 6 nitrogen and oxygen atoms in total. The second-order valence-electron chi connectivity index (χ2n) is 30.8. The van der Waals surface area contributed by atoms with Gasteiger partial charge in [0.05, 0.1) is 26.4 Å². The van der Waals surface area contributed by atoms with Crippen LogP contribution in [0.25, 0.3) is 0 Å². The van der Waals surface area contributed by atoms with Gasteiger partial charge in [0.2, 0.25) is 0 Å². The number of ether oxygens (including phenoxy) is 6. The molecule has 1 atom stereocenters. The number of alkyl halides is 69. The molecule has 1 unspecified atom stereocenters. The third-order valence-corrected chi connectivity index (χ3v) is 21.2. The van der Waals surface area contributed by atoms with Gasteiger partial charge >= 0.3 is 191 Å². The van der Waals surface area contributed by atoms with Gasteiger partial charge in [-0.25, -0.2) is 0 Å². The van der Waals surface area contributed by atoms with E-state index in [1.54, 1.807) is 0 Å². The van der Waals surface area contributed by atoms with Crippen LogP contribution in [-0.2, 0) is 19.6 Å². The van der Waals surface area contributed by atoms with Gasteiger partial charge in [-0.3, -0.25) is 0 Å². The summed E-state index contributed by atoms with van der Waals surface area (Å²) in [6.45, 7) is -11.0. The monoisotopic (exact) mass is 2390 g/mol. The van der Waals surface area contributed by atoms with E-state index in [0.717, 1.165) is 12.1 Å². The summed E-state index contributed by atoms with van der Waals surface area (Å²) in [6.07, 6.45) is -56.0. The Bertz CT molecular complexity index is 4550. The first-order valence-electron chi connectivity index (χ1n) is 37.8. The summed E-state index contributed by atoms with van der Waals surface area (Å²) < 4.78 is 983. The minimum absolute atomic E-state index is 0.0573. The second kappa shape index (κ2) is 41.0. The van der Waals surface area contributed by atoms with Gasteiger partial charge in [-0.05, 0) is 97.2 Å². The van der Waals surface area contributed by atoms with Crippen LogP contribution < -0.4 is 28.4 Å². The van der Waals surface area contributed by atoms with E-state index in [2.05, 4.69) is 15.9 Å². The van der Waals surface area contributed by atoms with Crippen molar-refractivity contribution in [1.82, 2.24) is 0 Å². The van der Waals surface area contributed by atoms with Crippen LogP contribution in [-0.4, -0.2) is 217 Å². The number of aryl methyl sites for hydroxylation is 1. The minimum atomic E-state index is -9.17. The summed E-state index contributed by atoms with van der Waals surface area (Å²) in [7, 11) is 0. The lowest BCUT2D eigenvalue weighted by atomic mass is 9.88. The Labute approximate surface area is 782 Å². The van der Waals surface area contributed by atoms with Crippen molar-refractivity contribution in [3.8, 4) is 34.5 Å². The molecule has 0 bridgehead atoms. The van der Waals surface area contributed by atoms with Crippen LogP contribution in [0.4, 0.5) is 299 Å². The predicted molar refractivity (Wildman–Crippen MR) is 356 cm³/mol. The topological polar surface area (TPSA) is 55.4 Å². The number of halogens is 69. The van der Waals surface area contributed by atoms with E-state index in [0.29, 0.717) is 11.6 Å². The summed E-state index contributed by atoms with van der Waals surface area (Å²) >= 11 is 3.23. The second-order valence-corrected chi connectivity index (χ2v) is 31.9. The van der Waals surface area contributed by atoms with Gasteiger partial charge in [0.15, 0.2) is 0 Å². The zero-order valence-electron chi connectivity index (χ0n) is 69.5. The van der Waals surface area contributed by atoms with Crippen LogP contribution in [0.2, 0.25) is 0 Å².